The van der Waals surface area contributed by atoms with Gasteiger partial charge in [0.15, 0.2) is 6.10 Å². The number of carbonyl (C=O) groups excluding carboxylic acids is 1. The first-order valence-corrected chi connectivity index (χ1v) is 12.5. The summed E-state index contributed by atoms with van der Waals surface area (Å²) in [6.07, 6.45) is -0.190. The van der Waals surface area contributed by atoms with Gasteiger partial charge in [-0.1, -0.05) is 31.1 Å². The third-order valence-electron chi connectivity index (χ3n) is 5.71. The van der Waals surface area contributed by atoms with Crippen LogP contribution in [0, 0.1) is 5.82 Å². The summed E-state index contributed by atoms with van der Waals surface area (Å²) in [5.41, 5.74) is 1.22. The molecule has 0 spiro atoms. The van der Waals surface area contributed by atoms with E-state index in [9.17, 15) is 14.3 Å². The van der Waals surface area contributed by atoms with E-state index in [0.29, 0.717) is 35.9 Å². The molecule has 2 aromatic carbocycles. The van der Waals surface area contributed by atoms with Crippen molar-refractivity contribution in [1.82, 2.24) is 20.3 Å². The Morgan fingerprint density at radius 3 is 2.24 bits per heavy atom. The number of hydrogen-bond acceptors (Lipinski definition) is 9. The first-order chi connectivity index (χ1) is 18.2. The van der Waals surface area contributed by atoms with Crippen molar-refractivity contribution in [2.45, 2.75) is 65.1 Å². The summed E-state index contributed by atoms with van der Waals surface area (Å²) in [5.74, 6) is 1.25. The van der Waals surface area contributed by atoms with E-state index in [1.807, 2.05) is 32.9 Å². The molecule has 0 saturated heterocycles. The Morgan fingerprint density at radius 1 is 1.00 bits per heavy atom. The Bertz CT molecular complexity index is 1370. The van der Waals surface area contributed by atoms with Crippen LogP contribution in [-0.2, 0) is 4.79 Å². The minimum atomic E-state index is -0.634. The summed E-state index contributed by atoms with van der Waals surface area (Å²) >= 11 is 0. The average molecular weight is 524 g/mol. The molecule has 200 valence electrons. The lowest BCUT2D eigenvalue weighted by atomic mass is 10.1. The van der Waals surface area contributed by atoms with E-state index in [0.717, 1.165) is 5.56 Å². The number of nitrogens with one attached hydrogen (secondary N) is 1. The standard InChI is InChI=1S/C27H30FN5O5/c1-5-22(36-19-10-7-17(8-11-19)24-30-26(15(2)3)37-32-24)27-31-25(33-38-27)18-9-12-21(20(28)14-18)29-23(35)13-6-16(4)34/h7-12,14-16,22,34H,5-6,13H2,1-4H3,(H,29,35)/t16-,22?/m0/s1. The average Bonchev–Trinajstić information content (AvgIpc) is 3.58. The Kier molecular flexibility index (Phi) is 8.47. The lowest BCUT2D eigenvalue weighted by molar-refractivity contribution is -0.116. The zero-order chi connectivity index (χ0) is 27.2. The molecule has 0 aliphatic rings. The van der Waals surface area contributed by atoms with Crippen LogP contribution in [0.3, 0.4) is 0 Å². The highest BCUT2D eigenvalue weighted by Gasteiger charge is 2.21. The summed E-state index contributed by atoms with van der Waals surface area (Å²) in [5, 5.41) is 19.8. The van der Waals surface area contributed by atoms with Crippen LogP contribution in [0.4, 0.5) is 10.1 Å². The molecular formula is C27H30FN5O5. The van der Waals surface area contributed by atoms with Crippen molar-refractivity contribution in [1.29, 1.82) is 0 Å². The smallest absolute Gasteiger partial charge is 0.268 e. The third-order valence-corrected chi connectivity index (χ3v) is 5.71. The Hall–Kier alpha value is -4.12. The summed E-state index contributed by atoms with van der Waals surface area (Å²) in [6, 6.07) is 11.5. The third kappa shape index (κ3) is 6.60. The van der Waals surface area contributed by atoms with E-state index in [-0.39, 0.29) is 35.6 Å². The molecule has 0 aliphatic carbocycles. The number of halogens is 1. The number of aliphatic hydroxyl groups excluding tert-OH is 1. The van der Waals surface area contributed by atoms with Crippen molar-refractivity contribution in [2.24, 2.45) is 0 Å². The predicted molar refractivity (Wildman–Crippen MR) is 137 cm³/mol. The van der Waals surface area contributed by atoms with Gasteiger partial charge in [0.05, 0.1) is 11.8 Å². The lowest BCUT2D eigenvalue weighted by Gasteiger charge is -2.13. The number of carbonyl (C=O) groups is 1. The van der Waals surface area contributed by atoms with Crippen LogP contribution in [-0.4, -0.2) is 37.4 Å². The zero-order valence-corrected chi connectivity index (χ0v) is 21.6. The topological polar surface area (TPSA) is 136 Å². The Morgan fingerprint density at radius 2 is 1.63 bits per heavy atom. The van der Waals surface area contributed by atoms with E-state index in [2.05, 4.69) is 25.6 Å². The maximum absolute atomic E-state index is 14.6. The van der Waals surface area contributed by atoms with Gasteiger partial charge in [-0.2, -0.15) is 9.97 Å². The van der Waals surface area contributed by atoms with Crippen LogP contribution in [0.1, 0.15) is 70.8 Å². The normalized spacial score (nSPS) is 12.9. The maximum atomic E-state index is 14.6. The number of ether oxygens (including phenoxy) is 1. The summed E-state index contributed by atoms with van der Waals surface area (Å²) in [7, 11) is 0. The molecule has 2 atom stereocenters. The minimum Gasteiger partial charge on any atom is -0.481 e. The highest BCUT2D eigenvalue weighted by atomic mass is 19.1. The van der Waals surface area contributed by atoms with E-state index in [4.69, 9.17) is 13.8 Å². The van der Waals surface area contributed by atoms with Gasteiger partial charge >= 0.3 is 0 Å². The molecule has 1 amide bonds. The summed E-state index contributed by atoms with van der Waals surface area (Å²) < 4.78 is 31.4. The first kappa shape index (κ1) is 26.9. The SMILES string of the molecule is CCC(Oc1ccc(-c2noc(C(C)C)n2)cc1)c1nc(-c2ccc(NC(=O)CC[C@H](C)O)c(F)c2)no1. The van der Waals surface area contributed by atoms with Crippen LogP contribution in [0.5, 0.6) is 5.75 Å². The molecule has 0 bridgehead atoms. The van der Waals surface area contributed by atoms with E-state index in [1.165, 1.54) is 12.1 Å². The molecule has 38 heavy (non-hydrogen) atoms. The number of hydrogen-bond donors (Lipinski definition) is 2. The summed E-state index contributed by atoms with van der Waals surface area (Å²) in [4.78, 5) is 20.7. The zero-order valence-electron chi connectivity index (χ0n) is 21.6. The largest absolute Gasteiger partial charge is 0.481 e. The predicted octanol–water partition coefficient (Wildman–Crippen LogP) is 5.68. The van der Waals surface area contributed by atoms with Gasteiger partial charge in [0.2, 0.25) is 23.4 Å². The van der Waals surface area contributed by atoms with E-state index in [1.54, 1.807) is 25.1 Å². The molecule has 0 radical (unpaired) electrons. The molecule has 1 unspecified atom stereocenters. The number of amides is 1. The highest BCUT2D eigenvalue weighted by molar-refractivity contribution is 5.91. The molecule has 4 aromatic rings. The van der Waals surface area contributed by atoms with Crippen molar-refractivity contribution in [2.75, 3.05) is 5.32 Å². The van der Waals surface area contributed by atoms with Gasteiger partial charge < -0.3 is 24.2 Å². The van der Waals surface area contributed by atoms with Gasteiger partial charge in [-0.25, -0.2) is 4.39 Å². The highest BCUT2D eigenvalue weighted by Crippen LogP contribution is 2.29. The van der Waals surface area contributed by atoms with Crippen LogP contribution in [0.2, 0.25) is 0 Å². The molecule has 0 saturated carbocycles. The van der Waals surface area contributed by atoms with E-state index < -0.39 is 18.0 Å². The first-order valence-electron chi connectivity index (χ1n) is 12.5. The fourth-order valence-corrected chi connectivity index (χ4v) is 3.53. The number of nitrogens with zero attached hydrogens (tertiary/aromatic N) is 4. The second kappa shape index (κ2) is 12.0. The summed E-state index contributed by atoms with van der Waals surface area (Å²) in [6.45, 7) is 7.47. The molecular weight excluding hydrogens is 493 g/mol. The minimum absolute atomic E-state index is 0.0347. The van der Waals surface area contributed by atoms with Crippen molar-refractivity contribution >= 4 is 11.6 Å². The number of aromatic nitrogens is 4. The van der Waals surface area contributed by atoms with Gasteiger partial charge in [0.25, 0.3) is 5.89 Å². The van der Waals surface area contributed by atoms with E-state index >= 15 is 0 Å². The number of anilines is 1. The van der Waals surface area contributed by atoms with Crippen LogP contribution < -0.4 is 10.1 Å². The fourth-order valence-electron chi connectivity index (χ4n) is 3.53. The maximum Gasteiger partial charge on any atom is 0.268 e. The molecule has 11 heteroatoms. The Balaban J connectivity index is 1.42. The second-order valence-electron chi connectivity index (χ2n) is 9.24. The molecule has 0 aliphatic heterocycles. The fraction of sp³-hybridized carbons (Fsp3) is 0.370. The van der Waals surface area contributed by atoms with Crippen molar-refractivity contribution in [3.05, 3.63) is 60.1 Å². The molecule has 4 rings (SSSR count). The Labute approximate surface area is 219 Å². The van der Waals surface area contributed by atoms with Gasteiger partial charge in [-0.05, 0) is 62.2 Å². The number of aliphatic hydroxyl groups is 1. The van der Waals surface area contributed by atoms with Gasteiger partial charge in [-0.3, -0.25) is 4.79 Å². The molecule has 2 heterocycles. The molecule has 10 nitrogen and oxygen atoms in total. The van der Waals surface area contributed by atoms with Crippen molar-refractivity contribution in [3.63, 3.8) is 0 Å². The van der Waals surface area contributed by atoms with Crippen molar-refractivity contribution < 1.29 is 28.1 Å². The molecule has 2 aromatic heterocycles. The monoisotopic (exact) mass is 523 g/mol. The van der Waals surface area contributed by atoms with Crippen LogP contribution >= 0.6 is 0 Å². The quantitative estimate of drug-likeness (QED) is 0.254. The number of rotatable bonds is 11. The van der Waals surface area contributed by atoms with Crippen LogP contribution in [0.25, 0.3) is 22.8 Å². The van der Waals surface area contributed by atoms with Crippen LogP contribution in [0.15, 0.2) is 51.5 Å². The lowest BCUT2D eigenvalue weighted by Crippen LogP contribution is -2.14. The van der Waals surface area contributed by atoms with Crippen molar-refractivity contribution in [3.8, 4) is 28.5 Å². The van der Waals surface area contributed by atoms with Gasteiger partial charge in [0.1, 0.15) is 11.6 Å². The molecule has 0 fully saturated rings. The number of benzene rings is 2. The van der Waals surface area contributed by atoms with Gasteiger partial charge in [-0.15, -0.1) is 0 Å². The second-order valence-corrected chi connectivity index (χ2v) is 9.24. The molecule has 2 N–H and O–H groups in total. The van der Waals surface area contributed by atoms with Gasteiger partial charge in [0, 0.05) is 23.5 Å².